The number of nitrogens with one attached hydrogen (secondary N) is 1. The van der Waals surface area contributed by atoms with Gasteiger partial charge in [0.1, 0.15) is 24.9 Å². The molecule has 0 bridgehead atoms. The van der Waals surface area contributed by atoms with E-state index in [9.17, 15) is 14.4 Å². The number of hydrogen-bond acceptors (Lipinski definition) is 7. The molecular weight excluding hydrogens is 440 g/mol. The van der Waals surface area contributed by atoms with Crippen LogP contribution in [0.5, 0.6) is 0 Å². The fourth-order valence-electron chi connectivity index (χ4n) is 3.58. The standard InChI is InChI=1S/C25H38N2O7/c1-18(31-5)14-21(23(29)26-15-22(28)34-25(2,3)4)32-17-20-12-9-13-27(20)24(30)33-16-19-10-7-6-8-11-19/h6-8,10-11,18,20-21H,9,12-17H2,1-5H3,(H,26,29)/t18?,20-,21?/m0/s1. The number of likely N-dealkylation sites (tertiary alicyclic amines) is 1. The number of methoxy groups -OCH3 is 1. The Kier molecular flexibility index (Phi) is 10.8. The third-order valence-electron chi connectivity index (χ3n) is 5.37. The Morgan fingerprint density at radius 2 is 1.88 bits per heavy atom. The third kappa shape index (κ3) is 9.69. The zero-order valence-electron chi connectivity index (χ0n) is 20.9. The molecule has 34 heavy (non-hydrogen) atoms. The molecule has 2 amide bonds. The van der Waals surface area contributed by atoms with Gasteiger partial charge in [-0.25, -0.2) is 4.79 Å². The molecule has 2 unspecified atom stereocenters. The fraction of sp³-hybridized carbons (Fsp3) is 0.640. The largest absolute Gasteiger partial charge is 0.459 e. The summed E-state index contributed by atoms with van der Waals surface area (Å²) in [4.78, 5) is 39.0. The molecule has 2 rings (SSSR count). The van der Waals surface area contributed by atoms with Gasteiger partial charge in [0.15, 0.2) is 0 Å². The van der Waals surface area contributed by atoms with Crippen LogP contribution in [0.2, 0.25) is 0 Å². The second-order valence-corrected chi connectivity index (χ2v) is 9.44. The maximum absolute atomic E-state index is 12.7. The smallest absolute Gasteiger partial charge is 0.410 e. The zero-order chi connectivity index (χ0) is 25.1. The summed E-state index contributed by atoms with van der Waals surface area (Å²) in [7, 11) is 1.56. The van der Waals surface area contributed by atoms with Crippen LogP contribution in [0.15, 0.2) is 30.3 Å². The van der Waals surface area contributed by atoms with Crippen molar-refractivity contribution < 1.29 is 33.3 Å². The molecule has 1 heterocycles. The van der Waals surface area contributed by atoms with Crippen molar-refractivity contribution in [2.45, 2.75) is 77.4 Å². The van der Waals surface area contributed by atoms with Crippen LogP contribution in [0.25, 0.3) is 0 Å². The Balaban J connectivity index is 1.89. The van der Waals surface area contributed by atoms with Crippen LogP contribution in [-0.2, 0) is 35.1 Å². The van der Waals surface area contributed by atoms with Gasteiger partial charge in [-0.2, -0.15) is 0 Å². The van der Waals surface area contributed by atoms with Gasteiger partial charge in [-0.15, -0.1) is 0 Å². The molecule has 1 aliphatic rings. The van der Waals surface area contributed by atoms with E-state index in [1.807, 2.05) is 37.3 Å². The van der Waals surface area contributed by atoms with Crippen molar-refractivity contribution in [1.29, 1.82) is 0 Å². The van der Waals surface area contributed by atoms with Crippen molar-refractivity contribution in [3.8, 4) is 0 Å². The van der Waals surface area contributed by atoms with Crippen molar-refractivity contribution in [3.05, 3.63) is 35.9 Å². The van der Waals surface area contributed by atoms with Gasteiger partial charge >= 0.3 is 12.1 Å². The van der Waals surface area contributed by atoms with Crippen LogP contribution in [0.3, 0.4) is 0 Å². The minimum absolute atomic E-state index is 0.182. The van der Waals surface area contributed by atoms with Crippen molar-refractivity contribution in [1.82, 2.24) is 10.2 Å². The molecule has 0 aliphatic carbocycles. The molecular formula is C25H38N2O7. The molecule has 1 aromatic carbocycles. The Morgan fingerprint density at radius 1 is 1.18 bits per heavy atom. The lowest BCUT2D eigenvalue weighted by Crippen LogP contribution is -2.45. The minimum atomic E-state index is -0.833. The topological polar surface area (TPSA) is 103 Å². The van der Waals surface area contributed by atoms with Gasteiger partial charge in [-0.05, 0) is 46.1 Å². The number of rotatable bonds is 11. The summed E-state index contributed by atoms with van der Waals surface area (Å²) < 4.78 is 21.9. The van der Waals surface area contributed by atoms with Crippen LogP contribution in [0.4, 0.5) is 4.79 Å². The average molecular weight is 479 g/mol. The van der Waals surface area contributed by atoms with E-state index in [1.54, 1.807) is 32.8 Å². The number of ether oxygens (including phenoxy) is 4. The molecule has 1 fully saturated rings. The predicted octanol–water partition coefficient (Wildman–Crippen LogP) is 3.06. The average Bonchev–Trinajstić information content (AvgIpc) is 3.26. The molecule has 190 valence electrons. The summed E-state index contributed by atoms with van der Waals surface area (Å²) in [5.74, 6) is -0.950. The highest BCUT2D eigenvalue weighted by atomic mass is 16.6. The van der Waals surface area contributed by atoms with Crippen molar-refractivity contribution in [3.63, 3.8) is 0 Å². The summed E-state index contributed by atoms with van der Waals surface area (Å²) in [6, 6.07) is 9.30. The second-order valence-electron chi connectivity index (χ2n) is 9.44. The van der Waals surface area contributed by atoms with Gasteiger partial charge in [0.25, 0.3) is 0 Å². The van der Waals surface area contributed by atoms with Crippen LogP contribution < -0.4 is 5.32 Å². The lowest BCUT2D eigenvalue weighted by molar-refractivity contribution is -0.155. The number of nitrogens with zero attached hydrogens (tertiary/aromatic N) is 1. The Labute approximate surface area is 202 Å². The van der Waals surface area contributed by atoms with Gasteiger partial charge < -0.3 is 29.2 Å². The first-order valence-electron chi connectivity index (χ1n) is 11.7. The van der Waals surface area contributed by atoms with Gasteiger partial charge in [0.2, 0.25) is 5.91 Å². The third-order valence-corrected chi connectivity index (χ3v) is 5.37. The van der Waals surface area contributed by atoms with E-state index in [-0.39, 0.29) is 31.9 Å². The lowest BCUT2D eigenvalue weighted by atomic mass is 10.1. The predicted molar refractivity (Wildman–Crippen MR) is 126 cm³/mol. The molecule has 1 saturated heterocycles. The van der Waals surface area contributed by atoms with E-state index in [4.69, 9.17) is 18.9 Å². The molecule has 1 N–H and O–H groups in total. The van der Waals surface area contributed by atoms with E-state index in [0.29, 0.717) is 13.0 Å². The van der Waals surface area contributed by atoms with Crippen molar-refractivity contribution in [2.75, 3.05) is 26.8 Å². The summed E-state index contributed by atoms with van der Waals surface area (Å²) in [5, 5.41) is 2.58. The maximum atomic E-state index is 12.7. The van der Waals surface area contributed by atoms with E-state index in [0.717, 1.165) is 18.4 Å². The summed E-state index contributed by atoms with van der Waals surface area (Å²) in [5.41, 5.74) is 0.279. The number of carbonyl (C=O) groups excluding carboxylic acids is 3. The van der Waals surface area contributed by atoms with Gasteiger partial charge in [0, 0.05) is 20.1 Å². The van der Waals surface area contributed by atoms with Crippen LogP contribution in [0, 0.1) is 0 Å². The van der Waals surface area contributed by atoms with Gasteiger partial charge in [-0.1, -0.05) is 30.3 Å². The van der Waals surface area contributed by atoms with Crippen LogP contribution in [0.1, 0.15) is 52.5 Å². The Morgan fingerprint density at radius 3 is 2.53 bits per heavy atom. The molecule has 0 spiro atoms. The fourth-order valence-corrected chi connectivity index (χ4v) is 3.58. The molecule has 0 aromatic heterocycles. The SMILES string of the molecule is COC(C)CC(OC[C@@H]1CCCN1C(=O)OCc1ccccc1)C(=O)NCC(=O)OC(C)(C)C. The van der Waals surface area contributed by atoms with Gasteiger partial charge in [0.05, 0.1) is 18.8 Å². The van der Waals surface area contributed by atoms with Crippen LogP contribution >= 0.6 is 0 Å². The lowest BCUT2D eigenvalue weighted by Gasteiger charge is -2.27. The van der Waals surface area contributed by atoms with E-state index in [1.165, 1.54) is 0 Å². The monoisotopic (exact) mass is 478 g/mol. The Hall–Kier alpha value is -2.65. The number of amides is 2. The normalized spacial score (nSPS) is 17.7. The van der Waals surface area contributed by atoms with Crippen molar-refractivity contribution >= 4 is 18.0 Å². The number of carbonyl (C=O) groups is 3. The number of hydrogen-bond donors (Lipinski definition) is 1. The first kappa shape index (κ1) is 27.6. The molecule has 9 nitrogen and oxygen atoms in total. The molecule has 0 radical (unpaired) electrons. The molecule has 3 atom stereocenters. The molecule has 0 saturated carbocycles. The highest BCUT2D eigenvalue weighted by Crippen LogP contribution is 2.20. The highest BCUT2D eigenvalue weighted by molar-refractivity contribution is 5.85. The number of esters is 1. The van der Waals surface area contributed by atoms with Gasteiger partial charge in [-0.3, -0.25) is 9.59 Å². The molecule has 9 heteroatoms. The summed E-state index contributed by atoms with van der Waals surface area (Å²) >= 11 is 0. The highest BCUT2D eigenvalue weighted by Gasteiger charge is 2.32. The zero-order valence-corrected chi connectivity index (χ0v) is 20.9. The minimum Gasteiger partial charge on any atom is -0.459 e. The summed E-state index contributed by atoms with van der Waals surface area (Å²) in [6.07, 6.45) is 0.436. The summed E-state index contributed by atoms with van der Waals surface area (Å²) in [6.45, 7) is 7.82. The maximum Gasteiger partial charge on any atom is 0.410 e. The van der Waals surface area contributed by atoms with E-state index >= 15 is 0 Å². The second kappa shape index (κ2) is 13.3. The molecule has 1 aromatic rings. The molecule has 1 aliphatic heterocycles. The first-order chi connectivity index (χ1) is 16.1. The van der Waals surface area contributed by atoms with E-state index in [2.05, 4.69) is 5.32 Å². The van der Waals surface area contributed by atoms with Crippen molar-refractivity contribution in [2.24, 2.45) is 0 Å². The van der Waals surface area contributed by atoms with E-state index < -0.39 is 29.7 Å². The quantitative estimate of drug-likeness (QED) is 0.488. The van der Waals surface area contributed by atoms with Crippen LogP contribution in [-0.4, -0.2) is 73.5 Å². The number of benzene rings is 1. The Bertz CT molecular complexity index is 794. The first-order valence-corrected chi connectivity index (χ1v) is 11.7.